The Morgan fingerprint density at radius 1 is 1.37 bits per heavy atom. The van der Waals surface area contributed by atoms with E-state index in [4.69, 9.17) is 9.47 Å². The van der Waals surface area contributed by atoms with Crippen LogP contribution in [0.25, 0.3) is 0 Å². The molecule has 1 unspecified atom stereocenters. The molecule has 1 aromatic carbocycles. The third-order valence-corrected chi connectivity index (χ3v) is 6.92. The Bertz CT molecular complexity index is 917. The molecule has 0 spiro atoms. The molecule has 2 aromatic rings. The highest BCUT2D eigenvalue weighted by atomic mass is 32.2. The lowest BCUT2D eigenvalue weighted by Crippen LogP contribution is -2.15. The molecule has 0 radical (unpaired) electrons. The van der Waals surface area contributed by atoms with E-state index in [9.17, 15) is 10.1 Å². The number of nitrogens with one attached hydrogen (secondary N) is 1. The topological polar surface area (TPSA) is 71.3 Å². The highest BCUT2D eigenvalue weighted by molar-refractivity contribution is 8.00. The van der Waals surface area contributed by atoms with Crippen LogP contribution in [-0.4, -0.2) is 24.9 Å². The van der Waals surface area contributed by atoms with Gasteiger partial charge in [-0.15, -0.1) is 23.1 Å². The van der Waals surface area contributed by atoms with Gasteiger partial charge in [-0.05, 0) is 48.9 Å². The maximum absolute atomic E-state index is 12.4. The van der Waals surface area contributed by atoms with Gasteiger partial charge in [0.15, 0.2) is 11.5 Å². The average Bonchev–Trinajstić information content (AvgIpc) is 3.02. The van der Waals surface area contributed by atoms with Crippen LogP contribution in [0, 0.1) is 17.2 Å². The lowest BCUT2D eigenvalue weighted by Gasteiger charge is -2.18. The van der Waals surface area contributed by atoms with Gasteiger partial charge in [0.25, 0.3) is 0 Å². The minimum absolute atomic E-state index is 0.0990. The van der Waals surface area contributed by atoms with Gasteiger partial charge in [0.1, 0.15) is 24.3 Å². The summed E-state index contributed by atoms with van der Waals surface area (Å²) in [5.41, 5.74) is 1.79. The van der Waals surface area contributed by atoms with Crippen molar-refractivity contribution in [2.75, 3.05) is 24.3 Å². The van der Waals surface area contributed by atoms with E-state index in [0.29, 0.717) is 29.7 Å². The number of fused-ring (bicyclic) bond motifs is 2. The van der Waals surface area contributed by atoms with Crippen LogP contribution in [-0.2, 0) is 17.6 Å². The molecule has 7 heteroatoms. The molecule has 1 atom stereocenters. The number of benzene rings is 1. The predicted molar refractivity (Wildman–Crippen MR) is 107 cm³/mol. The smallest absolute Gasteiger partial charge is 0.235 e. The second-order valence-corrected chi connectivity index (χ2v) is 8.96. The second-order valence-electron chi connectivity index (χ2n) is 6.81. The molecule has 140 valence electrons. The number of nitrogens with zero attached hydrogens (tertiary/aromatic N) is 1. The van der Waals surface area contributed by atoms with Crippen LogP contribution in [0.4, 0.5) is 5.00 Å². The van der Waals surface area contributed by atoms with E-state index in [0.717, 1.165) is 41.2 Å². The molecule has 0 saturated heterocycles. The number of hydrogen-bond acceptors (Lipinski definition) is 6. The number of thioether (sulfide) groups is 1. The minimum Gasteiger partial charge on any atom is -0.486 e. The molecule has 27 heavy (non-hydrogen) atoms. The molecular formula is C20H20N2O3S2. The summed E-state index contributed by atoms with van der Waals surface area (Å²) in [6, 6.07) is 7.99. The van der Waals surface area contributed by atoms with Crippen LogP contribution in [0.15, 0.2) is 23.1 Å². The Balaban J connectivity index is 1.41. The number of amides is 1. The van der Waals surface area contributed by atoms with Gasteiger partial charge in [0.05, 0.1) is 11.3 Å². The number of hydrogen-bond donors (Lipinski definition) is 1. The number of ether oxygens (including phenoxy) is 2. The maximum Gasteiger partial charge on any atom is 0.235 e. The van der Waals surface area contributed by atoms with Crippen molar-refractivity contribution in [3.8, 4) is 17.6 Å². The van der Waals surface area contributed by atoms with Crippen molar-refractivity contribution in [3.05, 3.63) is 34.2 Å². The number of thiophene rings is 1. The monoisotopic (exact) mass is 400 g/mol. The van der Waals surface area contributed by atoms with Crippen LogP contribution >= 0.6 is 23.1 Å². The number of carbonyl (C=O) groups excluding carboxylic acids is 1. The molecule has 0 fully saturated rings. The Morgan fingerprint density at radius 3 is 3.00 bits per heavy atom. The molecule has 5 nitrogen and oxygen atoms in total. The van der Waals surface area contributed by atoms with Gasteiger partial charge in [-0.25, -0.2) is 0 Å². The fourth-order valence-corrected chi connectivity index (χ4v) is 5.48. The summed E-state index contributed by atoms with van der Waals surface area (Å²) in [6.07, 6.45) is 3.03. The first-order chi connectivity index (χ1) is 13.1. The van der Waals surface area contributed by atoms with E-state index in [1.54, 1.807) is 11.3 Å². The summed E-state index contributed by atoms with van der Waals surface area (Å²) in [6.45, 7) is 3.34. The second kappa shape index (κ2) is 7.83. The van der Waals surface area contributed by atoms with Gasteiger partial charge in [-0.3, -0.25) is 4.79 Å². The van der Waals surface area contributed by atoms with Crippen LogP contribution in [0.5, 0.6) is 11.5 Å². The minimum atomic E-state index is -0.0990. The predicted octanol–water partition coefficient (Wildman–Crippen LogP) is 4.25. The van der Waals surface area contributed by atoms with Crippen LogP contribution < -0.4 is 14.8 Å². The Morgan fingerprint density at radius 2 is 2.19 bits per heavy atom. The van der Waals surface area contributed by atoms with Crippen molar-refractivity contribution in [2.24, 2.45) is 5.92 Å². The Labute approximate surface area is 166 Å². The first-order valence-corrected chi connectivity index (χ1v) is 10.8. The van der Waals surface area contributed by atoms with Crippen LogP contribution in [0.3, 0.4) is 0 Å². The third kappa shape index (κ3) is 3.92. The van der Waals surface area contributed by atoms with Gasteiger partial charge in [-0.2, -0.15) is 5.26 Å². The number of carbonyl (C=O) groups is 1. The lowest BCUT2D eigenvalue weighted by atomic mass is 9.89. The molecule has 0 bridgehead atoms. The molecule has 2 aliphatic rings. The molecule has 1 aromatic heterocycles. The molecule has 2 heterocycles. The van der Waals surface area contributed by atoms with E-state index in [1.807, 2.05) is 18.2 Å². The van der Waals surface area contributed by atoms with Gasteiger partial charge >= 0.3 is 0 Å². The summed E-state index contributed by atoms with van der Waals surface area (Å²) >= 11 is 3.00. The molecular weight excluding hydrogens is 380 g/mol. The zero-order valence-corrected chi connectivity index (χ0v) is 16.7. The molecule has 4 rings (SSSR count). The number of rotatable bonds is 4. The average molecular weight is 401 g/mol. The summed E-state index contributed by atoms with van der Waals surface area (Å²) in [7, 11) is 0. The standard InChI is InChI=1S/C20H20N2O3S2/c1-12-2-4-14-15(10-21)20(27-18(14)8-12)22-19(23)11-26-13-3-5-16-17(9-13)25-7-6-24-16/h3,5,9,12H,2,4,6-8,11H2,1H3,(H,22,23). The maximum atomic E-state index is 12.4. The zero-order chi connectivity index (χ0) is 18.8. The number of anilines is 1. The van der Waals surface area contributed by atoms with Gasteiger partial charge in [0.2, 0.25) is 5.91 Å². The quantitative estimate of drug-likeness (QED) is 0.777. The van der Waals surface area contributed by atoms with E-state index in [1.165, 1.54) is 16.6 Å². The first-order valence-electron chi connectivity index (χ1n) is 9.01. The van der Waals surface area contributed by atoms with E-state index in [-0.39, 0.29) is 11.7 Å². The molecule has 1 aliphatic heterocycles. The van der Waals surface area contributed by atoms with Crippen molar-refractivity contribution >= 4 is 34.0 Å². The SMILES string of the molecule is CC1CCc2c(sc(NC(=O)CSc3ccc4c(c3)OCCO4)c2C#N)C1. The van der Waals surface area contributed by atoms with Crippen molar-refractivity contribution in [1.82, 2.24) is 0 Å². The third-order valence-electron chi connectivity index (χ3n) is 4.76. The van der Waals surface area contributed by atoms with E-state index >= 15 is 0 Å². The molecule has 1 aliphatic carbocycles. The Hall–Kier alpha value is -2.17. The van der Waals surface area contributed by atoms with E-state index < -0.39 is 0 Å². The summed E-state index contributed by atoms with van der Waals surface area (Å²) in [5, 5.41) is 13.2. The van der Waals surface area contributed by atoms with Crippen LogP contribution in [0.2, 0.25) is 0 Å². The van der Waals surface area contributed by atoms with Gasteiger partial charge < -0.3 is 14.8 Å². The highest BCUT2D eigenvalue weighted by Gasteiger charge is 2.24. The Kier molecular flexibility index (Phi) is 5.28. The summed E-state index contributed by atoms with van der Waals surface area (Å²) < 4.78 is 11.1. The van der Waals surface area contributed by atoms with Crippen molar-refractivity contribution in [3.63, 3.8) is 0 Å². The fraction of sp³-hybridized carbons (Fsp3) is 0.400. The molecule has 1 N–H and O–H groups in total. The summed E-state index contributed by atoms with van der Waals surface area (Å²) in [4.78, 5) is 14.6. The fourth-order valence-electron chi connectivity index (χ4n) is 3.38. The first kappa shape index (κ1) is 18.2. The van der Waals surface area contributed by atoms with Crippen molar-refractivity contribution < 1.29 is 14.3 Å². The lowest BCUT2D eigenvalue weighted by molar-refractivity contribution is -0.113. The van der Waals surface area contributed by atoms with Crippen molar-refractivity contribution in [1.29, 1.82) is 5.26 Å². The molecule has 1 amide bonds. The zero-order valence-electron chi connectivity index (χ0n) is 15.0. The van der Waals surface area contributed by atoms with Crippen molar-refractivity contribution in [2.45, 2.75) is 31.1 Å². The number of nitriles is 1. The largest absolute Gasteiger partial charge is 0.486 e. The van der Waals surface area contributed by atoms with Gasteiger partial charge in [-0.1, -0.05) is 6.92 Å². The highest BCUT2D eigenvalue weighted by Crippen LogP contribution is 2.39. The van der Waals surface area contributed by atoms with E-state index in [2.05, 4.69) is 18.3 Å². The van der Waals surface area contributed by atoms with Gasteiger partial charge in [0, 0.05) is 9.77 Å². The normalized spacial score (nSPS) is 17.7. The summed E-state index contributed by atoms with van der Waals surface area (Å²) in [5.74, 6) is 2.28. The van der Waals surface area contributed by atoms with Crippen LogP contribution in [0.1, 0.15) is 29.3 Å². The molecule has 0 saturated carbocycles.